The average molecular weight is 671 g/mol. The van der Waals surface area contributed by atoms with Crippen molar-refractivity contribution < 1.29 is 24.2 Å². The van der Waals surface area contributed by atoms with E-state index in [1.807, 2.05) is 72.5 Å². The molecule has 5 aromatic rings. The molecule has 8 rings (SSSR count). The summed E-state index contributed by atoms with van der Waals surface area (Å²) in [7, 11) is 2.07. The van der Waals surface area contributed by atoms with Crippen LogP contribution in [0, 0.1) is 6.92 Å². The van der Waals surface area contributed by atoms with E-state index in [1.165, 1.54) is 6.33 Å². The maximum Gasteiger partial charge on any atom is 0.304 e. The van der Waals surface area contributed by atoms with Gasteiger partial charge in [-0.05, 0) is 79.9 Å². The van der Waals surface area contributed by atoms with Crippen molar-refractivity contribution in [1.29, 1.82) is 0 Å². The molecule has 1 saturated carbocycles. The third-order valence-corrected chi connectivity index (χ3v) is 10.5. The molecule has 0 spiro atoms. The Morgan fingerprint density at radius 3 is 2.46 bits per heavy atom. The van der Waals surface area contributed by atoms with Crippen LogP contribution >= 0.6 is 0 Å². The fourth-order valence-electron chi connectivity index (χ4n) is 7.35. The number of benzene rings is 3. The molecule has 1 saturated heterocycles. The molecule has 2 amide bonds. The quantitative estimate of drug-likeness (QED) is 0.231. The van der Waals surface area contributed by atoms with Gasteiger partial charge in [0.1, 0.15) is 24.3 Å². The highest BCUT2D eigenvalue weighted by atomic mass is 16.5. The molecule has 0 atom stereocenters. The standard InChI is InChI=1S/C39H38N6O5/c1-24-28(4-3-5-32(24)45-18-19-50-33-20-27(10-11-29(33)38(45)49)39(12-13-39)22-34(46)47)35-30-21-31(42-36(30)41-23-40-35)25-6-8-26(9-7-25)37(48)44-16-14-43(2)15-17-44/h3-11,20-21,23H,12-19,22H2,1-2H3,(H,46,47)(H,40,41,42). The van der Waals surface area contributed by atoms with Gasteiger partial charge in [0.05, 0.1) is 24.2 Å². The molecule has 50 heavy (non-hydrogen) atoms. The van der Waals surface area contributed by atoms with Gasteiger partial charge in [-0.2, -0.15) is 0 Å². The topological polar surface area (TPSA) is 132 Å². The molecular formula is C39H38N6O5. The second kappa shape index (κ2) is 12.4. The average Bonchev–Trinajstić information content (AvgIpc) is 3.80. The minimum Gasteiger partial charge on any atom is -0.491 e. The summed E-state index contributed by atoms with van der Waals surface area (Å²) in [5.41, 5.74) is 7.43. The second-order valence-electron chi connectivity index (χ2n) is 13.7. The van der Waals surface area contributed by atoms with Gasteiger partial charge in [0, 0.05) is 59.5 Å². The minimum absolute atomic E-state index is 0.0508. The van der Waals surface area contributed by atoms with E-state index in [9.17, 15) is 19.5 Å². The van der Waals surface area contributed by atoms with Crippen LogP contribution in [-0.2, 0) is 10.2 Å². The van der Waals surface area contributed by atoms with E-state index in [-0.39, 0.29) is 23.7 Å². The molecule has 3 aliphatic rings. The van der Waals surface area contributed by atoms with Gasteiger partial charge in [-0.3, -0.25) is 14.4 Å². The Morgan fingerprint density at radius 1 is 0.940 bits per heavy atom. The molecule has 2 N–H and O–H groups in total. The number of nitrogens with one attached hydrogen (secondary N) is 1. The highest BCUT2D eigenvalue weighted by molar-refractivity contribution is 6.09. The predicted octanol–water partition coefficient (Wildman–Crippen LogP) is 5.53. The van der Waals surface area contributed by atoms with Crippen LogP contribution in [-0.4, -0.2) is 94.0 Å². The van der Waals surface area contributed by atoms with Gasteiger partial charge in [-0.25, -0.2) is 9.97 Å². The molecular weight excluding hydrogens is 632 g/mol. The number of aliphatic carboxylic acids is 1. The van der Waals surface area contributed by atoms with Crippen LogP contribution in [0.15, 0.2) is 73.1 Å². The maximum absolute atomic E-state index is 14.0. The van der Waals surface area contributed by atoms with Gasteiger partial charge in [0.2, 0.25) is 0 Å². The molecule has 0 unspecified atom stereocenters. The number of fused-ring (bicyclic) bond motifs is 2. The molecule has 2 aromatic heterocycles. The lowest BCUT2D eigenvalue weighted by Gasteiger charge is -2.32. The van der Waals surface area contributed by atoms with Crippen molar-refractivity contribution in [3.8, 4) is 28.3 Å². The first-order valence-corrected chi connectivity index (χ1v) is 17.0. The Balaban J connectivity index is 1.07. The molecule has 2 aliphatic heterocycles. The van der Waals surface area contributed by atoms with E-state index in [1.54, 1.807) is 11.0 Å². The molecule has 11 heteroatoms. The number of rotatable bonds is 7. The highest BCUT2D eigenvalue weighted by Gasteiger charge is 2.46. The van der Waals surface area contributed by atoms with Gasteiger partial charge in [-0.15, -0.1) is 0 Å². The number of aromatic nitrogens is 3. The smallest absolute Gasteiger partial charge is 0.304 e. The number of carboxylic acids is 1. The van der Waals surface area contributed by atoms with Crippen molar-refractivity contribution >= 4 is 34.5 Å². The normalized spacial score (nSPS) is 17.3. The summed E-state index contributed by atoms with van der Waals surface area (Å²) < 4.78 is 6.09. The van der Waals surface area contributed by atoms with Crippen LogP contribution in [0.3, 0.4) is 0 Å². The SMILES string of the molecule is Cc1c(-c2ncnc3[nH]c(-c4ccc(C(=O)N5CCN(C)CC5)cc4)cc23)cccc1N1CCOc2cc(C3(CC(=O)O)CC3)ccc2C1=O. The molecule has 0 bridgehead atoms. The van der Waals surface area contributed by atoms with Crippen molar-refractivity contribution in [2.45, 2.75) is 31.6 Å². The lowest BCUT2D eigenvalue weighted by atomic mass is 9.91. The number of ether oxygens (including phenoxy) is 1. The van der Waals surface area contributed by atoms with Crippen LogP contribution in [0.5, 0.6) is 5.75 Å². The number of nitrogens with zero attached hydrogens (tertiary/aromatic N) is 5. The zero-order valence-corrected chi connectivity index (χ0v) is 28.1. The van der Waals surface area contributed by atoms with E-state index < -0.39 is 5.97 Å². The summed E-state index contributed by atoms with van der Waals surface area (Å²) in [4.78, 5) is 57.1. The first-order valence-electron chi connectivity index (χ1n) is 17.0. The van der Waals surface area contributed by atoms with Gasteiger partial charge in [-0.1, -0.05) is 30.3 Å². The van der Waals surface area contributed by atoms with Crippen LogP contribution in [0.2, 0.25) is 0 Å². The molecule has 0 radical (unpaired) electrons. The zero-order chi connectivity index (χ0) is 34.6. The number of anilines is 1. The van der Waals surface area contributed by atoms with Gasteiger partial charge in [0.15, 0.2) is 0 Å². The highest BCUT2D eigenvalue weighted by Crippen LogP contribution is 2.52. The summed E-state index contributed by atoms with van der Waals surface area (Å²) in [5.74, 6) is -0.445. The Bertz CT molecular complexity index is 2150. The van der Waals surface area contributed by atoms with E-state index in [4.69, 9.17) is 9.72 Å². The van der Waals surface area contributed by atoms with Crippen molar-refractivity contribution in [1.82, 2.24) is 24.8 Å². The van der Waals surface area contributed by atoms with Crippen molar-refractivity contribution in [3.05, 3.63) is 95.3 Å². The van der Waals surface area contributed by atoms with Crippen molar-refractivity contribution in [3.63, 3.8) is 0 Å². The van der Waals surface area contributed by atoms with Crippen molar-refractivity contribution in [2.75, 3.05) is 51.3 Å². The van der Waals surface area contributed by atoms with Gasteiger partial charge < -0.3 is 29.5 Å². The molecule has 2 fully saturated rings. The number of carboxylic acid groups (broad SMARTS) is 1. The molecule has 254 valence electrons. The van der Waals surface area contributed by atoms with Crippen LogP contribution in [0.25, 0.3) is 33.5 Å². The van der Waals surface area contributed by atoms with Crippen LogP contribution < -0.4 is 9.64 Å². The Labute approximate surface area is 289 Å². The number of carbonyl (C=O) groups is 3. The van der Waals surface area contributed by atoms with Crippen molar-refractivity contribution in [2.24, 2.45) is 0 Å². The third-order valence-electron chi connectivity index (χ3n) is 10.5. The predicted molar refractivity (Wildman–Crippen MR) is 190 cm³/mol. The van der Waals surface area contributed by atoms with E-state index in [0.717, 1.165) is 83.7 Å². The number of piperazine rings is 1. The number of hydrogen-bond donors (Lipinski definition) is 2. The number of carbonyl (C=O) groups excluding carboxylic acids is 2. The zero-order valence-electron chi connectivity index (χ0n) is 28.1. The Hall–Kier alpha value is -5.55. The summed E-state index contributed by atoms with van der Waals surface area (Å²) in [5, 5.41) is 10.3. The summed E-state index contributed by atoms with van der Waals surface area (Å²) >= 11 is 0. The van der Waals surface area contributed by atoms with E-state index in [2.05, 4.69) is 21.9 Å². The Kier molecular flexibility index (Phi) is 7.86. The van der Waals surface area contributed by atoms with Gasteiger partial charge in [0.25, 0.3) is 11.8 Å². The molecule has 4 heterocycles. The first kappa shape index (κ1) is 31.7. The van der Waals surface area contributed by atoms with E-state index in [0.29, 0.717) is 35.7 Å². The summed E-state index contributed by atoms with van der Waals surface area (Å²) in [6, 6.07) is 21.1. The molecule has 1 aliphatic carbocycles. The molecule has 11 nitrogen and oxygen atoms in total. The van der Waals surface area contributed by atoms with Gasteiger partial charge >= 0.3 is 5.97 Å². The number of H-pyrrole nitrogens is 1. The monoisotopic (exact) mass is 670 g/mol. The number of likely N-dealkylation sites (N-methyl/N-ethyl adjacent to an activating group) is 1. The lowest BCUT2D eigenvalue weighted by Crippen LogP contribution is -2.47. The fraction of sp³-hybridized carbons (Fsp3) is 0.308. The number of amides is 2. The lowest BCUT2D eigenvalue weighted by molar-refractivity contribution is -0.137. The molecule has 3 aromatic carbocycles. The number of aromatic amines is 1. The van der Waals surface area contributed by atoms with Crippen LogP contribution in [0.1, 0.15) is 51.1 Å². The Morgan fingerprint density at radius 2 is 1.72 bits per heavy atom. The minimum atomic E-state index is -0.823. The van der Waals surface area contributed by atoms with E-state index >= 15 is 0 Å². The summed E-state index contributed by atoms with van der Waals surface area (Å²) in [6.45, 7) is 5.86. The number of hydrogen-bond acceptors (Lipinski definition) is 7. The third kappa shape index (κ3) is 5.67. The first-order chi connectivity index (χ1) is 24.2. The second-order valence-corrected chi connectivity index (χ2v) is 13.7. The fourth-order valence-corrected chi connectivity index (χ4v) is 7.35. The summed E-state index contributed by atoms with van der Waals surface area (Å²) in [6.07, 6.45) is 3.24. The maximum atomic E-state index is 14.0. The van der Waals surface area contributed by atoms with Crippen LogP contribution in [0.4, 0.5) is 5.69 Å². The largest absolute Gasteiger partial charge is 0.491 e.